The molecule has 1 heterocycles. The molecule has 1 aliphatic heterocycles. The number of carbonyl (C=O) groups is 3. The van der Waals surface area contributed by atoms with Gasteiger partial charge in [0.1, 0.15) is 0 Å². The first kappa shape index (κ1) is 17.7. The van der Waals surface area contributed by atoms with Crippen molar-refractivity contribution in [2.45, 2.75) is 20.3 Å². The molecule has 6 nitrogen and oxygen atoms in total. The van der Waals surface area contributed by atoms with Crippen LogP contribution in [0.4, 0.5) is 17.1 Å². The number of anilines is 3. The van der Waals surface area contributed by atoms with Crippen LogP contribution in [0, 0.1) is 12.8 Å². The topological polar surface area (TPSA) is 78.5 Å². The van der Waals surface area contributed by atoms with Crippen molar-refractivity contribution in [1.82, 2.24) is 0 Å². The molecule has 2 N–H and O–H groups in total. The Morgan fingerprint density at radius 3 is 2.12 bits per heavy atom. The van der Waals surface area contributed by atoms with E-state index in [0.717, 1.165) is 11.3 Å². The maximum atomic E-state index is 12.5. The van der Waals surface area contributed by atoms with Gasteiger partial charge in [-0.3, -0.25) is 14.4 Å². The highest BCUT2D eigenvalue weighted by atomic mass is 16.2. The summed E-state index contributed by atoms with van der Waals surface area (Å²) < 4.78 is 0. The normalized spacial score (nSPS) is 16.5. The van der Waals surface area contributed by atoms with Crippen LogP contribution in [0.3, 0.4) is 0 Å². The number of nitrogens with one attached hydrogen (secondary N) is 2. The van der Waals surface area contributed by atoms with Gasteiger partial charge in [-0.25, -0.2) is 0 Å². The molecule has 6 heteroatoms. The van der Waals surface area contributed by atoms with E-state index in [1.807, 2.05) is 31.2 Å². The van der Waals surface area contributed by atoms with Crippen molar-refractivity contribution in [3.8, 4) is 0 Å². The van der Waals surface area contributed by atoms with E-state index in [9.17, 15) is 14.4 Å². The zero-order chi connectivity index (χ0) is 18.7. The molecule has 0 aromatic heterocycles. The Labute approximate surface area is 152 Å². The number of aryl methyl sites for hydroxylation is 1. The second-order valence-electron chi connectivity index (χ2n) is 6.49. The molecule has 1 aliphatic rings. The molecule has 0 spiro atoms. The van der Waals surface area contributed by atoms with Crippen molar-refractivity contribution >= 4 is 34.8 Å². The zero-order valence-electron chi connectivity index (χ0n) is 14.8. The van der Waals surface area contributed by atoms with E-state index < -0.39 is 0 Å². The Morgan fingerprint density at radius 1 is 0.962 bits per heavy atom. The molecule has 2 aromatic rings. The summed E-state index contributed by atoms with van der Waals surface area (Å²) in [5, 5.41) is 5.51. The fourth-order valence-corrected chi connectivity index (χ4v) is 2.94. The number of amides is 3. The third-order valence-corrected chi connectivity index (χ3v) is 4.31. The van der Waals surface area contributed by atoms with E-state index >= 15 is 0 Å². The van der Waals surface area contributed by atoms with Gasteiger partial charge >= 0.3 is 0 Å². The molecule has 0 aliphatic carbocycles. The van der Waals surface area contributed by atoms with Crippen LogP contribution >= 0.6 is 0 Å². The maximum Gasteiger partial charge on any atom is 0.229 e. The van der Waals surface area contributed by atoms with E-state index in [1.165, 1.54) is 6.92 Å². The van der Waals surface area contributed by atoms with Crippen molar-refractivity contribution in [2.24, 2.45) is 5.92 Å². The lowest BCUT2D eigenvalue weighted by Gasteiger charge is -2.17. The molecule has 1 atom stereocenters. The standard InChI is InChI=1S/C20H21N3O3/c1-13-3-9-18(10-4-13)23-12-15(11-19(23)25)20(26)22-17-7-5-16(6-8-17)21-14(2)24/h3-10,15H,11-12H2,1-2H3,(H,21,24)(H,22,26). The van der Waals surface area contributed by atoms with Gasteiger partial charge in [-0.05, 0) is 43.3 Å². The lowest BCUT2D eigenvalue weighted by Crippen LogP contribution is -2.28. The highest BCUT2D eigenvalue weighted by Gasteiger charge is 2.35. The lowest BCUT2D eigenvalue weighted by molar-refractivity contribution is -0.122. The Morgan fingerprint density at radius 2 is 1.54 bits per heavy atom. The van der Waals surface area contributed by atoms with Gasteiger partial charge in [-0.1, -0.05) is 17.7 Å². The van der Waals surface area contributed by atoms with Gasteiger partial charge in [0.05, 0.1) is 5.92 Å². The predicted molar refractivity (Wildman–Crippen MR) is 101 cm³/mol. The summed E-state index contributed by atoms with van der Waals surface area (Å²) in [5.74, 6) is -0.767. The van der Waals surface area contributed by atoms with E-state index in [-0.39, 0.29) is 30.1 Å². The SMILES string of the molecule is CC(=O)Nc1ccc(NC(=O)C2CC(=O)N(c3ccc(C)cc3)C2)cc1. The number of hydrogen-bond acceptors (Lipinski definition) is 3. The molecule has 1 saturated heterocycles. The van der Waals surface area contributed by atoms with Crippen molar-refractivity contribution in [3.63, 3.8) is 0 Å². The quantitative estimate of drug-likeness (QED) is 0.889. The number of benzene rings is 2. The van der Waals surface area contributed by atoms with Crippen molar-refractivity contribution < 1.29 is 14.4 Å². The van der Waals surface area contributed by atoms with Crippen molar-refractivity contribution in [1.29, 1.82) is 0 Å². The number of hydrogen-bond donors (Lipinski definition) is 2. The lowest BCUT2D eigenvalue weighted by atomic mass is 10.1. The number of nitrogens with zero attached hydrogens (tertiary/aromatic N) is 1. The minimum atomic E-state index is -0.390. The largest absolute Gasteiger partial charge is 0.326 e. The van der Waals surface area contributed by atoms with Gasteiger partial charge in [-0.2, -0.15) is 0 Å². The van der Waals surface area contributed by atoms with Gasteiger partial charge in [-0.15, -0.1) is 0 Å². The molecule has 3 rings (SSSR count). The number of rotatable bonds is 4. The van der Waals surface area contributed by atoms with Crippen LogP contribution in [0.15, 0.2) is 48.5 Å². The summed E-state index contributed by atoms with van der Waals surface area (Å²) >= 11 is 0. The van der Waals surface area contributed by atoms with Crippen molar-refractivity contribution in [2.75, 3.05) is 22.1 Å². The van der Waals surface area contributed by atoms with Crippen LogP contribution < -0.4 is 15.5 Å². The van der Waals surface area contributed by atoms with Crippen LogP contribution in [0.1, 0.15) is 18.9 Å². The third-order valence-electron chi connectivity index (χ3n) is 4.31. The molecule has 0 radical (unpaired) electrons. The molecule has 0 bridgehead atoms. The fourth-order valence-electron chi connectivity index (χ4n) is 2.94. The monoisotopic (exact) mass is 351 g/mol. The van der Waals surface area contributed by atoms with Crippen LogP contribution in [-0.4, -0.2) is 24.3 Å². The highest BCUT2D eigenvalue weighted by Crippen LogP contribution is 2.26. The average Bonchev–Trinajstić information content (AvgIpc) is 2.99. The Balaban J connectivity index is 1.62. The van der Waals surface area contributed by atoms with Gasteiger partial charge in [0.15, 0.2) is 0 Å². The molecule has 3 amide bonds. The first-order valence-corrected chi connectivity index (χ1v) is 8.48. The summed E-state index contributed by atoms with van der Waals surface area (Å²) in [6.45, 7) is 3.80. The molecule has 2 aromatic carbocycles. The third kappa shape index (κ3) is 4.08. The zero-order valence-corrected chi connectivity index (χ0v) is 14.8. The van der Waals surface area contributed by atoms with Gasteiger partial charge in [0, 0.05) is 37.0 Å². The van der Waals surface area contributed by atoms with Crippen LogP contribution in [0.2, 0.25) is 0 Å². The highest BCUT2D eigenvalue weighted by molar-refractivity contribution is 6.03. The second-order valence-corrected chi connectivity index (χ2v) is 6.49. The molecular formula is C20H21N3O3. The summed E-state index contributed by atoms with van der Waals surface area (Å²) in [6.07, 6.45) is 0.198. The Hall–Kier alpha value is -3.15. The molecule has 1 fully saturated rings. The fraction of sp³-hybridized carbons (Fsp3) is 0.250. The van der Waals surface area contributed by atoms with Crippen LogP contribution in [0.25, 0.3) is 0 Å². The molecule has 26 heavy (non-hydrogen) atoms. The van der Waals surface area contributed by atoms with E-state index in [2.05, 4.69) is 10.6 Å². The Kier molecular flexibility index (Phi) is 5.02. The molecular weight excluding hydrogens is 330 g/mol. The van der Waals surface area contributed by atoms with E-state index in [0.29, 0.717) is 17.9 Å². The van der Waals surface area contributed by atoms with E-state index in [1.54, 1.807) is 29.2 Å². The van der Waals surface area contributed by atoms with Crippen LogP contribution in [-0.2, 0) is 14.4 Å². The van der Waals surface area contributed by atoms with E-state index in [4.69, 9.17) is 0 Å². The summed E-state index contributed by atoms with van der Waals surface area (Å²) in [4.78, 5) is 37.5. The minimum absolute atomic E-state index is 0.0463. The van der Waals surface area contributed by atoms with Gasteiger partial charge in [0.25, 0.3) is 0 Å². The second kappa shape index (κ2) is 7.39. The summed E-state index contributed by atoms with van der Waals surface area (Å²) in [7, 11) is 0. The van der Waals surface area contributed by atoms with Gasteiger partial charge in [0.2, 0.25) is 17.7 Å². The predicted octanol–water partition coefficient (Wildman–Crippen LogP) is 2.95. The first-order valence-electron chi connectivity index (χ1n) is 8.48. The molecule has 0 saturated carbocycles. The smallest absolute Gasteiger partial charge is 0.229 e. The first-order chi connectivity index (χ1) is 12.4. The van der Waals surface area contributed by atoms with Crippen molar-refractivity contribution in [3.05, 3.63) is 54.1 Å². The van der Waals surface area contributed by atoms with Crippen LogP contribution in [0.5, 0.6) is 0 Å². The number of carbonyl (C=O) groups excluding carboxylic acids is 3. The minimum Gasteiger partial charge on any atom is -0.326 e. The van der Waals surface area contributed by atoms with Gasteiger partial charge < -0.3 is 15.5 Å². The summed E-state index contributed by atoms with van der Waals surface area (Å²) in [5.41, 5.74) is 3.23. The molecule has 1 unspecified atom stereocenters. The average molecular weight is 351 g/mol. The molecule has 134 valence electrons. The Bertz CT molecular complexity index is 828. The maximum absolute atomic E-state index is 12.5. The summed E-state index contributed by atoms with van der Waals surface area (Å²) in [6, 6.07) is 14.6.